The Morgan fingerprint density at radius 1 is 1.24 bits per heavy atom. The molecule has 1 N–H and O–H groups in total. The van der Waals surface area contributed by atoms with Gasteiger partial charge >= 0.3 is 6.18 Å². The zero-order valence-corrected chi connectivity index (χ0v) is 14.2. The van der Waals surface area contributed by atoms with E-state index < -0.39 is 12.6 Å². The summed E-state index contributed by atoms with van der Waals surface area (Å²) >= 11 is 1.39. The lowest BCUT2D eigenvalue weighted by Gasteiger charge is -2.16. The number of benzene rings is 1. The largest absolute Gasteiger partial charge is 0.390 e. The van der Waals surface area contributed by atoms with Gasteiger partial charge in [0.25, 0.3) is 5.56 Å². The Bertz CT molecular complexity index is 918. The van der Waals surface area contributed by atoms with Crippen molar-refractivity contribution in [2.24, 2.45) is 0 Å². The fraction of sp³-hybridized carbons (Fsp3) is 0.294. The molecule has 0 amide bonds. The molecule has 0 unspecified atom stereocenters. The van der Waals surface area contributed by atoms with E-state index in [0.29, 0.717) is 16.0 Å². The van der Waals surface area contributed by atoms with Crippen molar-refractivity contribution in [2.45, 2.75) is 19.1 Å². The molecule has 8 heteroatoms. The van der Waals surface area contributed by atoms with Crippen molar-refractivity contribution in [3.05, 3.63) is 52.6 Å². The van der Waals surface area contributed by atoms with Crippen LogP contribution in [0.25, 0.3) is 20.7 Å². The van der Waals surface area contributed by atoms with Gasteiger partial charge < -0.3 is 4.98 Å². The van der Waals surface area contributed by atoms with Crippen LogP contribution >= 0.6 is 11.3 Å². The van der Waals surface area contributed by atoms with E-state index in [1.807, 2.05) is 30.3 Å². The molecule has 0 atom stereocenters. The Kier molecular flexibility index (Phi) is 4.91. The van der Waals surface area contributed by atoms with Gasteiger partial charge in [0, 0.05) is 11.4 Å². The topological polar surface area (TPSA) is 49.0 Å². The van der Waals surface area contributed by atoms with Crippen molar-refractivity contribution in [2.75, 3.05) is 13.6 Å². The third-order valence-electron chi connectivity index (χ3n) is 3.71. The van der Waals surface area contributed by atoms with Crippen LogP contribution in [0.1, 0.15) is 12.2 Å². The number of aromatic nitrogens is 2. The number of hydrogen-bond acceptors (Lipinski definition) is 4. The number of halogens is 3. The molecule has 132 valence electrons. The van der Waals surface area contributed by atoms with Gasteiger partial charge in [-0.1, -0.05) is 30.3 Å². The number of nitrogens with one attached hydrogen (secondary N) is 1. The Morgan fingerprint density at radius 3 is 2.64 bits per heavy atom. The molecular weight excluding hydrogens is 351 g/mol. The second-order valence-corrected chi connectivity index (χ2v) is 6.84. The molecule has 0 bridgehead atoms. The van der Waals surface area contributed by atoms with E-state index in [4.69, 9.17) is 0 Å². The summed E-state index contributed by atoms with van der Waals surface area (Å²) in [6.45, 7) is 0.00475. The molecule has 0 aliphatic carbocycles. The van der Waals surface area contributed by atoms with E-state index in [2.05, 4.69) is 9.97 Å². The Morgan fingerprint density at radius 2 is 1.96 bits per heavy atom. The van der Waals surface area contributed by atoms with Gasteiger partial charge in [-0.2, -0.15) is 13.2 Å². The highest BCUT2D eigenvalue weighted by atomic mass is 32.1. The van der Waals surface area contributed by atoms with E-state index in [-0.39, 0.29) is 18.6 Å². The SMILES string of the molecule is CN(CCC(F)(F)F)Cc1nc2sc(-c3ccccc3)cc2c(=O)[nH]1. The minimum atomic E-state index is -4.20. The molecule has 3 aromatic rings. The lowest BCUT2D eigenvalue weighted by Crippen LogP contribution is -2.26. The second kappa shape index (κ2) is 6.97. The zero-order chi connectivity index (χ0) is 18.0. The number of H-pyrrole nitrogens is 1. The number of alkyl halides is 3. The van der Waals surface area contributed by atoms with Crippen LogP contribution in [0.5, 0.6) is 0 Å². The van der Waals surface area contributed by atoms with Crippen LogP contribution in [0.4, 0.5) is 13.2 Å². The molecule has 2 heterocycles. The van der Waals surface area contributed by atoms with Crippen molar-refractivity contribution < 1.29 is 13.2 Å². The van der Waals surface area contributed by atoms with Crippen LogP contribution in [0, 0.1) is 0 Å². The molecule has 25 heavy (non-hydrogen) atoms. The Hall–Kier alpha value is -2.19. The summed E-state index contributed by atoms with van der Waals surface area (Å²) in [5, 5.41) is 0.491. The van der Waals surface area contributed by atoms with Crippen LogP contribution in [0.15, 0.2) is 41.2 Å². The third-order valence-corrected chi connectivity index (χ3v) is 4.78. The zero-order valence-electron chi connectivity index (χ0n) is 13.4. The van der Waals surface area contributed by atoms with Gasteiger partial charge in [-0.15, -0.1) is 11.3 Å². The maximum atomic E-state index is 12.3. The normalized spacial score (nSPS) is 12.2. The van der Waals surface area contributed by atoms with Crippen LogP contribution < -0.4 is 5.56 Å². The summed E-state index contributed by atoms with van der Waals surface area (Å²) in [5.41, 5.74) is 0.719. The smallest absolute Gasteiger partial charge is 0.309 e. The second-order valence-electron chi connectivity index (χ2n) is 5.81. The minimum Gasteiger partial charge on any atom is -0.309 e. The third kappa shape index (κ3) is 4.46. The molecular formula is C17H16F3N3OS. The van der Waals surface area contributed by atoms with E-state index in [1.165, 1.54) is 16.2 Å². The molecule has 0 aliphatic heterocycles. The molecule has 1 aromatic carbocycles. The van der Waals surface area contributed by atoms with E-state index in [1.54, 1.807) is 13.1 Å². The fourth-order valence-electron chi connectivity index (χ4n) is 2.45. The molecule has 0 fully saturated rings. The number of nitrogens with zero attached hydrogens (tertiary/aromatic N) is 2. The van der Waals surface area contributed by atoms with Crippen LogP contribution in [0.2, 0.25) is 0 Å². The summed E-state index contributed by atoms with van der Waals surface area (Å²) < 4.78 is 36.9. The lowest BCUT2D eigenvalue weighted by atomic mass is 10.2. The average Bonchev–Trinajstić information content (AvgIpc) is 2.98. The van der Waals surface area contributed by atoms with Crippen LogP contribution in [-0.4, -0.2) is 34.6 Å². The van der Waals surface area contributed by atoms with Crippen molar-refractivity contribution in [1.82, 2.24) is 14.9 Å². The monoisotopic (exact) mass is 367 g/mol. The van der Waals surface area contributed by atoms with Gasteiger partial charge in [-0.3, -0.25) is 9.69 Å². The van der Waals surface area contributed by atoms with Crippen molar-refractivity contribution in [3.8, 4) is 10.4 Å². The van der Waals surface area contributed by atoms with Gasteiger partial charge in [0.2, 0.25) is 0 Å². The summed E-state index contributed by atoms with van der Waals surface area (Å²) in [6.07, 6.45) is -5.09. The number of fused-ring (bicyclic) bond motifs is 1. The molecule has 2 aromatic heterocycles. The number of rotatable bonds is 5. The summed E-state index contributed by atoms with van der Waals surface area (Å²) in [5.74, 6) is 0.364. The predicted octanol–water partition coefficient (Wildman–Crippen LogP) is 4.04. The molecule has 0 saturated carbocycles. The summed E-state index contributed by atoms with van der Waals surface area (Å²) in [4.78, 5) is 22.3. The maximum Gasteiger partial charge on any atom is 0.390 e. The van der Waals surface area contributed by atoms with Gasteiger partial charge in [0.05, 0.1) is 18.4 Å². The maximum absolute atomic E-state index is 12.3. The van der Waals surface area contributed by atoms with Gasteiger partial charge in [0.1, 0.15) is 10.7 Å². The van der Waals surface area contributed by atoms with E-state index in [0.717, 1.165) is 10.4 Å². The first kappa shape index (κ1) is 17.6. The van der Waals surface area contributed by atoms with Gasteiger partial charge in [-0.25, -0.2) is 4.98 Å². The lowest BCUT2D eigenvalue weighted by molar-refractivity contribution is -0.137. The first-order valence-corrected chi connectivity index (χ1v) is 8.47. The summed E-state index contributed by atoms with van der Waals surface area (Å²) in [7, 11) is 1.57. The summed E-state index contributed by atoms with van der Waals surface area (Å²) in [6, 6.07) is 11.4. The molecule has 4 nitrogen and oxygen atoms in total. The quantitative estimate of drug-likeness (QED) is 0.741. The minimum absolute atomic E-state index is 0.148. The van der Waals surface area contributed by atoms with Gasteiger partial charge in [-0.05, 0) is 18.7 Å². The number of thiophene rings is 1. The highest BCUT2D eigenvalue weighted by Crippen LogP contribution is 2.30. The first-order valence-electron chi connectivity index (χ1n) is 7.65. The number of aromatic amines is 1. The Balaban J connectivity index is 1.83. The van der Waals surface area contributed by atoms with E-state index in [9.17, 15) is 18.0 Å². The molecule has 0 spiro atoms. The highest BCUT2D eigenvalue weighted by molar-refractivity contribution is 7.21. The van der Waals surface area contributed by atoms with Crippen LogP contribution in [-0.2, 0) is 6.54 Å². The highest BCUT2D eigenvalue weighted by Gasteiger charge is 2.27. The fourth-order valence-corrected chi connectivity index (χ4v) is 3.50. The van der Waals surface area contributed by atoms with E-state index >= 15 is 0 Å². The predicted molar refractivity (Wildman–Crippen MR) is 92.7 cm³/mol. The Labute approximate surface area is 145 Å². The molecule has 0 radical (unpaired) electrons. The number of hydrogen-bond donors (Lipinski definition) is 1. The first-order chi connectivity index (χ1) is 11.8. The average molecular weight is 367 g/mol. The standard InChI is InChI=1S/C17H16F3N3OS/c1-23(8-7-17(18,19)20)10-14-21-15(24)12-9-13(25-16(12)22-14)11-5-3-2-4-6-11/h2-6,9H,7-8,10H2,1H3,(H,21,22,24). The molecule has 0 aliphatic rings. The van der Waals surface area contributed by atoms with Gasteiger partial charge in [0.15, 0.2) is 0 Å². The van der Waals surface area contributed by atoms with Crippen molar-refractivity contribution in [3.63, 3.8) is 0 Å². The molecule has 0 saturated heterocycles. The molecule has 3 rings (SSSR count). The van der Waals surface area contributed by atoms with Crippen LogP contribution in [0.3, 0.4) is 0 Å². The van der Waals surface area contributed by atoms with Crippen molar-refractivity contribution >= 4 is 21.6 Å². The van der Waals surface area contributed by atoms with Crippen molar-refractivity contribution in [1.29, 1.82) is 0 Å².